The molecule has 1 aliphatic rings. The minimum Gasteiger partial charge on any atom is -0.297 e. The summed E-state index contributed by atoms with van der Waals surface area (Å²) in [6.07, 6.45) is 7.69. The van der Waals surface area contributed by atoms with Crippen LogP contribution in [0.1, 0.15) is 30.2 Å². The Morgan fingerprint density at radius 2 is 1.76 bits per heavy atom. The Balaban J connectivity index is 1.43. The molecule has 1 aromatic carbocycles. The predicted molar refractivity (Wildman–Crippen MR) is 104 cm³/mol. The van der Waals surface area contributed by atoms with Crippen molar-refractivity contribution in [1.29, 1.82) is 0 Å². The van der Waals surface area contributed by atoms with Crippen LogP contribution in [0.15, 0.2) is 42.6 Å². The first-order valence-electron chi connectivity index (χ1n) is 9.44. The van der Waals surface area contributed by atoms with Gasteiger partial charge in [0.2, 0.25) is 0 Å². The molecule has 3 rings (SSSR count). The summed E-state index contributed by atoms with van der Waals surface area (Å²) in [7, 11) is 0. The minimum atomic E-state index is 1.02. The van der Waals surface area contributed by atoms with Gasteiger partial charge in [0.1, 0.15) is 0 Å². The molecule has 1 aromatic heterocycles. The highest BCUT2D eigenvalue weighted by molar-refractivity contribution is 5.48. The molecule has 0 bridgehead atoms. The van der Waals surface area contributed by atoms with E-state index in [-0.39, 0.29) is 0 Å². The fourth-order valence-corrected chi connectivity index (χ4v) is 3.35. The molecule has 0 N–H and O–H groups in total. The molecule has 0 spiro atoms. The van der Waals surface area contributed by atoms with E-state index in [1.807, 2.05) is 0 Å². The van der Waals surface area contributed by atoms with Gasteiger partial charge in [-0.3, -0.25) is 14.5 Å². The summed E-state index contributed by atoms with van der Waals surface area (Å²) in [6, 6.07) is 10.5. The third-order valence-corrected chi connectivity index (χ3v) is 4.97. The van der Waals surface area contributed by atoms with Crippen LogP contribution in [-0.4, -0.2) is 52.3 Å². The monoisotopic (exact) mass is 338 g/mol. The van der Waals surface area contributed by atoms with E-state index < -0.39 is 0 Å². The summed E-state index contributed by atoms with van der Waals surface area (Å²) in [6.45, 7) is 12.0. The van der Waals surface area contributed by atoms with E-state index in [2.05, 4.69) is 82.1 Å². The third kappa shape index (κ3) is 5.03. The first kappa shape index (κ1) is 17.9. The van der Waals surface area contributed by atoms with E-state index in [0.29, 0.717) is 0 Å². The summed E-state index contributed by atoms with van der Waals surface area (Å²) >= 11 is 0. The number of benzene rings is 1. The normalized spacial score (nSPS) is 16.7. The van der Waals surface area contributed by atoms with Crippen molar-refractivity contribution in [3.8, 4) is 0 Å². The molecule has 2 aromatic rings. The van der Waals surface area contributed by atoms with Gasteiger partial charge in [-0.05, 0) is 18.9 Å². The van der Waals surface area contributed by atoms with Crippen molar-refractivity contribution in [3.63, 3.8) is 0 Å². The molecule has 0 atom stereocenters. The minimum absolute atomic E-state index is 1.02. The molecule has 0 saturated carbocycles. The van der Waals surface area contributed by atoms with Crippen LogP contribution in [-0.2, 0) is 13.1 Å². The number of aryl methyl sites for hydroxylation is 1. The molecule has 0 radical (unpaired) electrons. The zero-order valence-corrected chi connectivity index (χ0v) is 15.6. The summed E-state index contributed by atoms with van der Waals surface area (Å²) in [5.74, 6) is 0. The lowest BCUT2D eigenvalue weighted by molar-refractivity contribution is 0.137. The average molecular weight is 338 g/mol. The molecule has 1 saturated heterocycles. The molecule has 1 fully saturated rings. The van der Waals surface area contributed by atoms with Crippen LogP contribution >= 0.6 is 0 Å². The van der Waals surface area contributed by atoms with Crippen molar-refractivity contribution < 1.29 is 0 Å². The zero-order valence-electron chi connectivity index (χ0n) is 15.6. The van der Waals surface area contributed by atoms with Crippen LogP contribution < -0.4 is 0 Å². The highest BCUT2D eigenvalue weighted by Crippen LogP contribution is 2.13. The number of hydrogen-bond donors (Lipinski definition) is 0. The Morgan fingerprint density at radius 1 is 1.04 bits per heavy atom. The molecule has 4 heteroatoms. The first-order valence-corrected chi connectivity index (χ1v) is 9.44. The van der Waals surface area contributed by atoms with Gasteiger partial charge in [0.05, 0.1) is 6.20 Å². The highest BCUT2D eigenvalue weighted by Gasteiger charge is 2.17. The Labute approximate surface area is 151 Å². The second-order valence-corrected chi connectivity index (χ2v) is 6.87. The summed E-state index contributed by atoms with van der Waals surface area (Å²) < 4.78 is 2.14. The van der Waals surface area contributed by atoms with Crippen molar-refractivity contribution in [2.75, 3.05) is 32.7 Å². The van der Waals surface area contributed by atoms with Gasteiger partial charge in [0.25, 0.3) is 0 Å². The SMILES string of the molecule is CCCn1ncc(CN2CCN(CC=Cc3ccccc3)CC2)c1C. The van der Waals surface area contributed by atoms with Gasteiger partial charge in [-0.15, -0.1) is 0 Å². The molecule has 0 aliphatic carbocycles. The summed E-state index contributed by atoms with van der Waals surface area (Å²) in [5.41, 5.74) is 3.99. The lowest BCUT2D eigenvalue weighted by Gasteiger charge is -2.34. The van der Waals surface area contributed by atoms with Crippen molar-refractivity contribution in [3.05, 3.63) is 59.4 Å². The standard InChI is InChI=1S/C21H30N4/c1-3-11-25-19(2)21(17-22-25)18-24-15-13-23(14-16-24)12-7-10-20-8-5-4-6-9-20/h4-10,17H,3,11-16,18H2,1-2H3. The number of piperazine rings is 1. The van der Waals surface area contributed by atoms with Crippen LogP contribution in [0, 0.1) is 6.92 Å². The fraction of sp³-hybridized carbons (Fsp3) is 0.476. The topological polar surface area (TPSA) is 24.3 Å². The molecule has 0 unspecified atom stereocenters. The molecular formula is C21H30N4. The highest BCUT2D eigenvalue weighted by atomic mass is 15.3. The zero-order chi connectivity index (χ0) is 17.5. The smallest absolute Gasteiger partial charge is 0.0537 e. The first-order chi connectivity index (χ1) is 12.3. The van der Waals surface area contributed by atoms with Crippen LogP contribution in [0.2, 0.25) is 0 Å². The lowest BCUT2D eigenvalue weighted by atomic mass is 10.2. The second kappa shape index (κ2) is 8.97. The van der Waals surface area contributed by atoms with Gasteiger partial charge in [-0.1, -0.05) is 49.4 Å². The van der Waals surface area contributed by atoms with Crippen LogP contribution in [0.3, 0.4) is 0 Å². The van der Waals surface area contributed by atoms with Crippen LogP contribution in [0.5, 0.6) is 0 Å². The summed E-state index contributed by atoms with van der Waals surface area (Å²) in [4.78, 5) is 5.08. The van der Waals surface area contributed by atoms with Crippen molar-refractivity contribution in [2.24, 2.45) is 0 Å². The van der Waals surface area contributed by atoms with Gasteiger partial charge < -0.3 is 0 Å². The molecule has 2 heterocycles. The molecule has 0 amide bonds. The number of hydrogen-bond acceptors (Lipinski definition) is 3. The van der Waals surface area contributed by atoms with Crippen molar-refractivity contribution in [1.82, 2.24) is 19.6 Å². The molecular weight excluding hydrogens is 308 g/mol. The lowest BCUT2D eigenvalue weighted by Crippen LogP contribution is -2.45. The van der Waals surface area contributed by atoms with E-state index in [9.17, 15) is 0 Å². The van der Waals surface area contributed by atoms with Crippen LogP contribution in [0.4, 0.5) is 0 Å². The van der Waals surface area contributed by atoms with Gasteiger partial charge in [-0.2, -0.15) is 5.10 Å². The predicted octanol–water partition coefficient (Wildman–Crippen LogP) is 3.43. The van der Waals surface area contributed by atoms with Crippen molar-refractivity contribution >= 4 is 6.08 Å². The van der Waals surface area contributed by atoms with Gasteiger partial charge in [-0.25, -0.2) is 0 Å². The maximum Gasteiger partial charge on any atom is 0.0537 e. The van der Waals surface area contributed by atoms with E-state index >= 15 is 0 Å². The number of aromatic nitrogens is 2. The number of nitrogens with zero attached hydrogens (tertiary/aromatic N) is 4. The van der Waals surface area contributed by atoms with E-state index in [1.165, 1.54) is 16.8 Å². The Kier molecular flexibility index (Phi) is 6.42. The second-order valence-electron chi connectivity index (χ2n) is 6.87. The number of rotatable bonds is 7. The summed E-state index contributed by atoms with van der Waals surface area (Å²) in [5, 5.41) is 4.53. The van der Waals surface area contributed by atoms with Crippen LogP contribution in [0.25, 0.3) is 6.08 Å². The van der Waals surface area contributed by atoms with Crippen molar-refractivity contribution in [2.45, 2.75) is 33.4 Å². The Morgan fingerprint density at radius 3 is 2.48 bits per heavy atom. The molecule has 4 nitrogen and oxygen atoms in total. The van der Waals surface area contributed by atoms with E-state index in [0.717, 1.165) is 52.2 Å². The molecule has 134 valence electrons. The third-order valence-electron chi connectivity index (χ3n) is 4.97. The van der Waals surface area contributed by atoms with Gasteiger partial charge in [0, 0.05) is 57.1 Å². The van der Waals surface area contributed by atoms with E-state index in [1.54, 1.807) is 0 Å². The maximum absolute atomic E-state index is 4.53. The largest absolute Gasteiger partial charge is 0.297 e. The fourth-order valence-electron chi connectivity index (χ4n) is 3.35. The quantitative estimate of drug-likeness (QED) is 0.773. The molecule has 1 aliphatic heterocycles. The maximum atomic E-state index is 4.53. The van der Waals surface area contributed by atoms with Gasteiger partial charge in [0.15, 0.2) is 0 Å². The van der Waals surface area contributed by atoms with Gasteiger partial charge >= 0.3 is 0 Å². The van der Waals surface area contributed by atoms with E-state index in [4.69, 9.17) is 0 Å². The average Bonchev–Trinajstić information content (AvgIpc) is 2.98. The Bertz CT molecular complexity index is 666. The molecule has 25 heavy (non-hydrogen) atoms. The Hall–Kier alpha value is -1.91.